The number of β-amino-alcohol motifs (C(OH)–C–C–N with tert-alkyl or cyclic N) is 1. The number of thioether (sulfide) groups is 1. The number of rotatable bonds is 19. The topological polar surface area (TPSA) is 187 Å². The van der Waals surface area contributed by atoms with E-state index in [4.69, 9.17) is 15.2 Å². The number of carbonyl (C=O) groups is 1. The molecule has 2 bridgehead atoms. The number of nitrogens with one attached hydrogen (secondary N) is 6. The molecule has 1 amide bonds. The van der Waals surface area contributed by atoms with E-state index in [2.05, 4.69) is 97.8 Å². The molecular weight excluding hydrogens is 975 g/mol. The number of piperazine rings is 1. The van der Waals surface area contributed by atoms with Gasteiger partial charge in [0.15, 0.2) is 0 Å². The first kappa shape index (κ1) is 58.1. The third kappa shape index (κ3) is 14.2. The van der Waals surface area contributed by atoms with E-state index in [9.17, 15) is 15.0 Å². The number of aliphatic hydroxyl groups excluding tert-OH is 2. The molecule has 16 unspecified atom stereocenters. The van der Waals surface area contributed by atoms with Crippen molar-refractivity contribution in [3.05, 3.63) is 12.3 Å². The molecule has 0 radical (unpaired) electrons. The molecule has 7 aliphatic heterocycles. The number of ether oxygens (including phenoxy) is 2. The normalized spacial score (nSPS) is 42.8. The highest BCUT2D eigenvalue weighted by molar-refractivity contribution is 8.00. The van der Waals surface area contributed by atoms with Crippen LogP contribution in [0.3, 0.4) is 0 Å². The summed E-state index contributed by atoms with van der Waals surface area (Å²) in [5.74, 6) is 5.74. The van der Waals surface area contributed by atoms with Gasteiger partial charge >= 0.3 is 0 Å². The number of carbonyl (C=O) groups excluding carboxylic acids is 1. The van der Waals surface area contributed by atoms with Crippen molar-refractivity contribution in [2.75, 3.05) is 97.6 Å². The predicted octanol–water partition coefficient (Wildman–Crippen LogP) is 4.29. The Morgan fingerprint density at radius 3 is 2.29 bits per heavy atom. The summed E-state index contributed by atoms with van der Waals surface area (Å²) in [6.07, 6.45) is 18.8. The molecule has 0 spiro atoms. The Morgan fingerprint density at radius 1 is 0.842 bits per heavy atom. The van der Waals surface area contributed by atoms with E-state index in [0.717, 1.165) is 152 Å². The lowest BCUT2D eigenvalue weighted by Gasteiger charge is -2.49. The van der Waals surface area contributed by atoms with Crippen LogP contribution in [0.1, 0.15) is 137 Å². The van der Waals surface area contributed by atoms with Gasteiger partial charge < -0.3 is 41.0 Å². The summed E-state index contributed by atoms with van der Waals surface area (Å²) < 4.78 is 13.2. The molecule has 0 aromatic rings. The van der Waals surface area contributed by atoms with Crippen LogP contribution in [0.25, 0.3) is 0 Å². The molecule has 0 aromatic carbocycles. The Labute approximate surface area is 463 Å². The van der Waals surface area contributed by atoms with Crippen LogP contribution in [0.2, 0.25) is 0 Å². The van der Waals surface area contributed by atoms with E-state index >= 15 is 0 Å². The van der Waals surface area contributed by atoms with Gasteiger partial charge in [0.2, 0.25) is 5.91 Å². The number of hydrogen-bond acceptors (Lipinski definition) is 16. The summed E-state index contributed by atoms with van der Waals surface area (Å²) in [5.41, 5.74) is 15.2. The first-order chi connectivity index (χ1) is 36.8. The van der Waals surface area contributed by atoms with Crippen LogP contribution in [0, 0.1) is 58.7 Å². The van der Waals surface area contributed by atoms with E-state index in [1.807, 2.05) is 0 Å². The highest BCUT2D eigenvalue weighted by Crippen LogP contribution is 2.55. The average molecular weight is 1080 g/mol. The number of fused-ring (bicyclic) bond motifs is 2. The maximum atomic E-state index is 13.8. The molecular formula is C59H107N11O5S. The van der Waals surface area contributed by atoms with Crippen LogP contribution in [0.15, 0.2) is 12.3 Å². The average Bonchev–Trinajstić information content (AvgIpc) is 4.25. The van der Waals surface area contributed by atoms with Crippen molar-refractivity contribution in [3.8, 4) is 0 Å². The van der Waals surface area contributed by atoms with E-state index in [1.165, 1.54) is 64.2 Å². The molecule has 7 saturated heterocycles. The zero-order chi connectivity index (χ0) is 52.9. The summed E-state index contributed by atoms with van der Waals surface area (Å²) in [5, 5.41) is 36.9. The van der Waals surface area contributed by atoms with E-state index in [-0.39, 0.29) is 48.6 Å². The molecule has 10 rings (SSSR count). The fraction of sp³-hybridized carbons (Fsp3) is 0.949. The van der Waals surface area contributed by atoms with Crippen LogP contribution >= 0.6 is 11.8 Å². The lowest BCUT2D eigenvalue weighted by atomic mass is 9.64. The molecule has 7 heterocycles. The van der Waals surface area contributed by atoms with Crippen molar-refractivity contribution in [2.24, 2.45) is 64.4 Å². The lowest BCUT2D eigenvalue weighted by Crippen LogP contribution is -2.69. The fourth-order valence-electron chi connectivity index (χ4n) is 17.5. The van der Waals surface area contributed by atoms with Crippen molar-refractivity contribution >= 4 is 17.7 Å². The van der Waals surface area contributed by atoms with Gasteiger partial charge in [-0.3, -0.25) is 35.6 Å². The van der Waals surface area contributed by atoms with Crippen LogP contribution < -0.4 is 37.9 Å². The number of nitrogens with zero attached hydrogens (tertiary/aromatic N) is 4. The van der Waals surface area contributed by atoms with Crippen molar-refractivity contribution in [2.45, 2.75) is 197 Å². The summed E-state index contributed by atoms with van der Waals surface area (Å²) in [4.78, 5) is 23.9. The van der Waals surface area contributed by atoms with Crippen LogP contribution in [-0.4, -0.2) is 194 Å². The van der Waals surface area contributed by atoms with Gasteiger partial charge in [-0.1, -0.05) is 40.2 Å². The maximum Gasteiger partial charge on any atom is 0.242 e. The number of hydrazine groups is 1. The van der Waals surface area contributed by atoms with Crippen molar-refractivity contribution < 1.29 is 24.5 Å². The van der Waals surface area contributed by atoms with Crippen molar-refractivity contribution in [1.29, 1.82) is 0 Å². The Balaban J connectivity index is 0.606. The van der Waals surface area contributed by atoms with E-state index in [0.29, 0.717) is 66.7 Å². The molecule has 3 aliphatic carbocycles. The number of amides is 1. The summed E-state index contributed by atoms with van der Waals surface area (Å²) in [7, 11) is 0. The smallest absolute Gasteiger partial charge is 0.242 e. The Bertz CT molecular complexity index is 1840. The zero-order valence-corrected chi connectivity index (χ0v) is 48.5. The Kier molecular flexibility index (Phi) is 20.5. The Morgan fingerprint density at radius 2 is 1.58 bits per heavy atom. The van der Waals surface area contributed by atoms with Gasteiger partial charge in [0.25, 0.3) is 0 Å². The summed E-state index contributed by atoms with van der Waals surface area (Å²) in [6.45, 7) is 27.1. The fourth-order valence-corrected chi connectivity index (χ4v) is 19.0. The predicted molar refractivity (Wildman–Crippen MR) is 305 cm³/mol. The number of aliphatic hydroxyl groups is 2. The number of likely N-dealkylation sites (tertiary alicyclic amines) is 2. The Hall–Kier alpha value is -1.16. The number of allylic oxidation sites excluding steroid dienone is 1. The van der Waals surface area contributed by atoms with Gasteiger partial charge in [-0.15, -0.1) is 11.8 Å². The van der Waals surface area contributed by atoms with Crippen LogP contribution in [0.4, 0.5) is 0 Å². The molecule has 17 atom stereocenters. The highest BCUT2D eigenvalue weighted by atomic mass is 32.2. The number of nitrogens with two attached hydrogens (primary N) is 1. The zero-order valence-electron chi connectivity index (χ0n) is 47.7. The second kappa shape index (κ2) is 26.8. The third-order valence-corrected chi connectivity index (χ3v) is 23.1. The first-order valence-electron chi connectivity index (χ1n) is 31.4. The molecule has 3 saturated carbocycles. The molecule has 76 heavy (non-hydrogen) atoms. The van der Waals surface area contributed by atoms with E-state index < -0.39 is 6.10 Å². The van der Waals surface area contributed by atoms with E-state index in [1.54, 1.807) is 0 Å². The minimum Gasteiger partial charge on any atom is -0.393 e. The van der Waals surface area contributed by atoms with Crippen LogP contribution in [0.5, 0.6) is 0 Å². The number of piperidine rings is 1. The maximum absolute atomic E-state index is 13.8. The molecule has 0 aromatic heterocycles. The summed E-state index contributed by atoms with van der Waals surface area (Å²) in [6, 6.07) is 0.811. The minimum atomic E-state index is -0.522. The quantitative estimate of drug-likeness (QED) is 0.0892. The largest absolute Gasteiger partial charge is 0.393 e. The summed E-state index contributed by atoms with van der Waals surface area (Å²) >= 11 is 2.09. The molecule has 10 aliphatic rings. The van der Waals surface area contributed by atoms with Crippen LogP contribution in [-0.2, 0) is 14.3 Å². The molecule has 17 heteroatoms. The molecule has 434 valence electrons. The molecule has 16 nitrogen and oxygen atoms in total. The first-order valence-corrected chi connectivity index (χ1v) is 32.4. The second-order valence-corrected chi connectivity index (χ2v) is 28.2. The van der Waals surface area contributed by atoms with Gasteiger partial charge in [-0.2, -0.15) is 0 Å². The van der Waals surface area contributed by atoms with Gasteiger partial charge in [-0.25, -0.2) is 5.43 Å². The second-order valence-electron chi connectivity index (χ2n) is 27.1. The molecule has 10 N–H and O–H groups in total. The van der Waals surface area contributed by atoms with Gasteiger partial charge in [-0.05, 0) is 150 Å². The van der Waals surface area contributed by atoms with Crippen molar-refractivity contribution in [3.63, 3.8) is 0 Å². The minimum absolute atomic E-state index is 0.0173. The highest BCUT2D eigenvalue weighted by Gasteiger charge is 2.50. The SMILES string of the molecule is C=C(C(C(C)C)C1CNC(OCCN2CCN(CCOC3CC(C45CCC(CN(C6CC(C7CCCCC7O)NNC6N)CC(C)C4)C5)CCN3)CC2)C1)N1CC(O)C[C@H]1C(=O)NCC1CCC(C2SCNC2C)CC1. The standard InChI is InChI=1S/C59H107N11O5S/c1-38(2)55(41(5)70-36-47(71)28-51(70)58(73)63-32-42-10-12-44(13-11-42)56-40(4)64-37-76-56)45-26-53(62-33-45)74-24-22-67-18-20-68(21-19-67)23-25-75-54-27-46(15-17-61-54)59-16-14-43(31-59)35-69(34-39(3)30-59)50-29-49(65-66-57(50)60)48-8-6-7-9-52(48)72/h38-40,42-57,61-62,64-66,71-72H,5-37,60H2,1-4H3,(H,63,73)/t39?,40?,42?,43?,44?,45?,46?,47?,48?,49?,50?,51-,52?,53?,54?,55?,56?,57?,59?/m0/s1. The number of hydrogen-bond donors (Lipinski definition) is 9. The van der Waals surface area contributed by atoms with Gasteiger partial charge in [0.1, 0.15) is 18.5 Å². The van der Waals surface area contributed by atoms with Crippen molar-refractivity contribution in [1.82, 2.24) is 51.7 Å². The monoisotopic (exact) mass is 1080 g/mol. The van der Waals surface area contributed by atoms with Gasteiger partial charge in [0, 0.05) is 125 Å². The molecule has 10 fully saturated rings. The lowest BCUT2D eigenvalue weighted by molar-refractivity contribution is -0.125. The van der Waals surface area contributed by atoms with Gasteiger partial charge in [0.05, 0.1) is 31.6 Å². The third-order valence-electron chi connectivity index (χ3n) is 21.6.